The molecule has 0 aromatic heterocycles. The smallest absolute Gasteiger partial charge is 0.191 e. The lowest BCUT2D eigenvalue weighted by atomic mass is 10.1. The Kier molecular flexibility index (Phi) is 6.75. The maximum atomic E-state index is 13.6. The highest BCUT2D eigenvalue weighted by molar-refractivity contribution is 5.79. The van der Waals surface area contributed by atoms with Gasteiger partial charge in [-0.1, -0.05) is 36.4 Å². The molecular formula is C19H24FN3O. The molecule has 0 unspecified atom stereocenters. The number of benzene rings is 2. The summed E-state index contributed by atoms with van der Waals surface area (Å²) >= 11 is 0. The van der Waals surface area contributed by atoms with Crippen LogP contribution in [0.5, 0.6) is 0 Å². The topological polar surface area (TPSA) is 45.7 Å². The van der Waals surface area contributed by atoms with Crippen molar-refractivity contribution in [2.45, 2.75) is 26.6 Å². The minimum absolute atomic E-state index is 0.188. The Morgan fingerprint density at radius 3 is 2.33 bits per heavy atom. The quantitative estimate of drug-likeness (QED) is 0.632. The van der Waals surface area contributed by atoms with E-state index in [0.29, 0.717) is 31.2 Å². The lowest BCUT2D eigenvalue weighted by molar-refractivity contribution is 0.185. The summed E-state index contributed by atoms with van der Waals surface area (Å²) in [4.78, 5) is 4.19. The van der Waals surface area contributed by atoms with Gasteiger partial charge in [-0.25, -0.2) is 4.39 Å². The lowest BCUT2D eigenvalue weighted by Gasteiger charge is -2.13. The molecule has 4 nitrogen and oxygen atoms in total. The third-order valence-electron chi connectivity index (χ3n) is 3.68. The molecule has 0 heterocycles. The van der Waals surface area contributed by atoms with Gasteiger partial charge in [0.25, 0.3) is 0 Å². The van der Waals surface area contributed by atoms with E-state index in [2.05, 4.69) is 27.8 Å². The van der Waals surface area contributed by atoms with Crippen LogP contribution >= 0.6 is 0 Å². The molecule has 0 aliphatic carbocycles. The number of hydrogen-bond donors (Lipinski definition) is 2. The third-order valence-corrected chi connectivity index (χ3v) is 3.68. The molecule has 0 spiro atoms. The van der Waals surface area contributed by atoms with Crippen LogP contribution in [0.3, 0.4) is 0 Å². The molecule has 0 fully saturated rings. The van der Waals surface area contributed by atoms with E-state index in [4.69, 9.17) is 4.74 Å². The van der Waals surface area contributed by atoms with Crippen LogP contribution in [0.4, 0.5) is 4.39 Å². The van der Waals surface area contributed by atoms with Crippen LogP contribution in [0.1, 0.15) is 22.3 Å². The van der Waals surface area contributed by atoms with Crippen LogP contribution in [0.2, 0.25) is 0 Å². The van der Waals surface area contributed by atoms with Gasteiger partial charge in [-0.2, -0.15) is 0 Å². The maximum Gasteiger partial charge on any atom is 0.191 e. The molecule has 0 radical (unpaired) electrons. The summed E-state index contributed by atoms with van der Waals surface area (Å²) in [6.45, 7) is 3.52. The summed E-state index contributed by atoms with van der Waals surface area (Å²) in [5.74, 6) is 0.486. The molecule has 0 atom stereocenters. The van der Waals surface area contributed by atoms with Gasteiger partial charge in [0.15, 0.2) is 5.96 Å². The minimum atomic E-state index is -0.188. The molecule has 0 aliphatic rings. The zero-order valence-corrected chi connectivity index (χ0v) is 14.4. The van der Waals surface area contributed by atoms with Crippen molar-refractivity contribution in [1.82, 2.24) is 10.6 Å². The van der Waals surface area contributed by atoms with Gasteiger partial charge >= 0.3 is 0 Å². The van der Waals surface area contributed by atoms with Crippen molar-refractivity contribution in [1.29, 1.82) is 0 Å². The first kappa shape index (κ1) is 17.9. The lowest BCUT2D eigenvalue weighted by Crippen LogP contribution is -2.36. The first-order chi connectivity index (χ1) is 11.6. The second kappa shape index (κ2) is 9.03. The molecule has 24 heavy (non-hydrogen) atoms. The number of nitrogens with zero attached hydrogens (tertiary/aromatic N) is 1. The van der Waals surface area contributed by atoms with E-state index in [0.717, 1.165) is 16.7 Å². The van der Waals surface area contributed by atoms with Gasteiger partial charge < -0.3 is 15.4 Å². The van der Waals surface area contributed by atoms with Gasteiger partial charge in [-0.15, -0.1) is 0 Å². The van der Waals surface area contributed by atoms with Crippen molar-refractivity contribution in [3.63, 3.8) is 0 Å². The minimum Gasteiger partial charge on any atom is -0.380 e. The van der Waals surface area contributed by atoms with Crippen molar-refractivity contribution < 1.29 is 9.13 Å². The molecule has 2 aromatic rings. The molecule has 0 saturated heterocycles. The Labute approximate surface area is 142 Å². The fourth-order valence-electron chi connectivity index (χ4n) is 2.33. The number of guanidine groups is 1. The van der Waals surface area contributed by atoms with Crippen molar-refractivity contribution in [3.05, 3.63) is 70.5 Å². The Hall–Kier alpha value is -2.40. The first-order valence-corrected chi connectivity index (χ1v) is 7.88. The number of ether oxygens (including phenoxy) is 1. The van der Waals surface area contributed by atoms with Gasteiger partial charge in [0.05, 0.1) is 6.61 Å². The van der Waals surface area contributed by atoms with Crippen LogP contribution in [0.15, 0.2) is 47.5 Å². The molecule has 2 rings (SSSR count). The van der Waals surface area contributed by atoms with Crippen LogP contribution in [-0.2, 0) is 24.4 Å². The molecular weight excluding hydrogens is 305 g/mol. The summed E-state index contributed by atoms with van der Waals surface area (Å²) in [5, 5.41) is 6.45. The Balaban J connectivity index is 1.88. The van der Waals surface area contributed by atoms with Crippen molar-refractivity contribution in [2.75, 3.05) is 14.2 Å². The zero-order chi connectivity index (χ0) is 17.4. The predicted octanol–water partition coefficient (Wildman–Crippen LogP) is 3.15. The second-order valence-corrected chi connectivity index (χ2v) is 5.62. The van der Waals surface area contributed by atoms with Gasteiger partial charge in [0.1, 0.15) is 5.82 Å². The highest BCUT2D eigenvalue weighted by atomic mass is 19.1. The van der Waals surface area contributed by atoms with Crippen LogP contribution in [-0.4, -0.2) is 20.1 Å². The molecule has 0 saturated carbocycles. The highest BCUT2D eigenvalue weighted by Crippen LogP contribution is 2.09. The summed E-state index contributed by atoms with van der Waals surface area (Å²) < 4.78 is 18.7. The number of nitrogens with one attached hydrogen (secondary N) is 2. The van der Waals surface area contributed by atoms with Crippen LogP contribution in [0, 0.1) is 12.7 Å². The summed E-state index contributed by atoms with van der Waals surface area (Å²) in [6.07, 6.45) is 0. The molecule has 128 valence electrons. The largest absolute Gasteiger partial charge is 0.380 e. The Morgan fingerprint density at radius 2 is 1.71 bits per heavy atom. The molecule has 5 heteroatoms. The van der Waals surface area contributed by atoms with E-state index in [1.54, 1.807) is 33.2 Å². The predicted molar refractivity (Wildman–Crippen MR) is 95.3 cm³/mol. The number of methoxy groups -OCH3 is 1. The van der Waals surface area contributed by atoms with Crippen LogP contribution in [0.25, 0.3) is 0 Å². The molecule has 2 aromatic carbocycles. The molecule has 0 aliphatic heterocycles. The van der Waals surface area contributed by atoms with E-state index < -0.39 is 0 Å². The van der Waals surface area contributed by atoms with Crippen molar-refractivity contribution in [3.8, 4) is 0 Å². The molecule has 2 N–H and O–H groups in total. The van der Waals surface area contributed by atoms with E-state index in [1.807, 2.05) is 18.2 Å². The average molecular weight is 329 g/mol. The summed E-state index contributed by atoms with van der Waals surface area (Å²) in [5.41, 5.74) is 3.81. The third kappa shape index (κ3) is 5.35. The van der Waals surface area contributed by atoms with E-state index in [9.17, 15) is 4.39 Å². The number of hydrogen-bond acceptors (Lipinski definition) is 2. The van der Waals surface area contributed by atoms with Crippen molar-refractivity contribution in [2.24, 2.45) is 4.99 Å². The summed E-state index contributed by atoms with van der Waals surface area (Å²) in [7, 11) is 3.40. The molecule has 0 bridgehead atoms. The van der Waals surface area contributed by atoms with E-state index in [-0.39, 0.29) is 5.82 Å². The van der Waals surface area contributed by atoms with Gasteiger partial charge in [0.2, 0.25) is 0 Å². The standard InChI is InChI=1S/C19H24FN3O/c1-14-7-8-16(10-18(14)20)12-23-19(21-2)22-11-15-5-4-6-17(9-15)13-24-3/h4-10H,11-13H2,1-3H3,(H2,21,22,23). The number of aliphatic imine (C=N–C) groups is 1. The van der Waals surface area contributed by atoms with E-state index in [1.165, 1.54) is 0 Å². The number of halogens is 1. The average Bonchev–Trinajstić information content (AvgIpc) is 2.59. The van der Waals surface area contributed by atoms with Gasteiger partial charge in [0, 0.05) is 27.2 Å². The maximum absolute atomic E-state index is 13.6. The van der Waals surface area contributed by atoms with Crippen molar-refractivity contribution >= 4 is 5.96 Å². The van der Waals surface area contributed by atoms with E-state index >= 15 is 0 Å². The Bertz CT molecular complexity index is 701. The fraction of sp³-hybridized carbons (Fsp3) is 0.316. The second-order valence-electron chi connectivity index (χ2n) is 5.62. The highest BCUT2D eigenvalue weighted by Gasteiger charge is 2.02. The normalized spacial score (nSPS) is 11.4. The molecule has 0 amide bonds. The van der Waals surface area contributed by atoms with Crippen LogP contribution < -0.4 is 10.6 Å². The SMILES string of the molecule is CN=C(NCc1cccc(COC)c1)NCc1ccc(C)c(F)c1. The zero-order valence-electron chi connectivity index (χ0n) is 14.4. The van der Waals surface area contributed by atoms with Gasteiger partial charge in [-0.05, 0) is 35.2 Å². The fourth-order valence-corrected chi connectivity index (χ4v) is 2.33. The summed E-state index contributed by atoms with van der Waals surface area (Å²) in [6, 6.07) is 13.4. The number of rotatable bonds is 6. The first-order valence-electron chi connectivity index (χ1n) is 7.88. The van der Waals surface area contributed by atoms with Gasteiger partial charge in [-0.3, -0.25) is 4.99 Å². The Morgan fingerprint density at radius 1 is 1.04 bits per heavy atom. The number of aryl methyl sites for hydroxylation is 1. The monoisotopic (exact) mass is 329 g/mol.